The zero-order valence-electron chi connectivity index (χ0n) is 0.707. The molecule has 0 saturated heterocycles. The van der Waals surface area contributed by atoms with E-state index in [4.69, 9.17) is 0 Å². The van der Waals surface area contributed by atoms with Crippen molar-refractivity contribution in [1.82, 2.24) is 0 Å². The summed E-state index contributed by atoms with van der Waals surface area (Å²) in [6, 6.07) is 0. The van der Waals surface area contributed by atoms with Gasteiger partial charge >= 0.3 is 113 Å². The predicted octanol–water partition coefficient (Wildman–Crippen LogP) is -2.69. The van der Waals surface area contributed by atoms with Gasteiger partial charge in [-0.15, -0.1) is 0 Å². The maximum absolute atomic E-state index is 0. The van der Waals surface area contributed by atoms with Crippen LogP contribution in [0.25, 0.3) is 0 Å². The van der Waals surface area contributed by atoms with Crippen LogP contribution in [-0.2, 0) is 0 Å². The molecule has 0 bridgehead atoms. The molecule has 0 aromatic rings. The van der Waals surface area contributed by atoms with Gasteiger partial charge < -0.3 is 0 Å². The van der Waals surface area contributed by atoms with Crippen LogP contribution in [0.2, 0.25) is 0 Å². The van der Waals surface area contributed by atoms with Crippen molar-refractivity contribution in [1.29, 1.82) is 0 Å². The van der Waals surface area contributed by atoms with Crippen molar-refractivity contribution in [3.05, 3.63) is 0 Å². The van der Waals surface area contributed by atoms with Gasteiger partial charge in [0, 0.05) is 0 Å². The van der Waals surface area contributed by atoms with Gasteiger partial charge in [-0.25, -0.2) is 0 Å². The van der Waals surface area contributed by atoms with Crippen molar-refractivity contribution in [3.63, 3.8) is 0 Å². The molecule has 0 radical (unpaired) electrons. The van der Waals surface area contributed by atoms with Gasteiger partial charge in [-0.05, 0) is 0 Å². The molecule has 1 unspecified atom stereocenters. The summed E-state index contributed by atoms with van der Waals surface area (Å²) in [7, 11) is 0. The third-order valence-corrected chi connectivity index (χ3v) is 0. The topological polar surface area (TPSA) is 0 Å². The number of rotatable bonds is 0. The van der Waals surface area contributed by atoms with Crippen molar-refractivity contribution in [2.45, 2.75) is 0 Å². The second kappa shape index (κ2) is 15.7. The van der Waals surface area contributed by atoms with Crippen molar-refractivity contribution < 1.29 is 0 Å². The van der Waals surface area contributed by atoms with Gasteiger partial charge in [0.15, 0.2) is 0 Å². The molecule has 4 heavy (non-hydrogen) atoms. The zero-order chi connectivity index (χ0) is 0. The van der Waals surface area contributed by atoms with Crippen LogP contribution in [0.15, 0.2) is 0 Å². The molecule has 0 aliphatic rings. The minimum absolute atomic E-state index is 0. The van der Waals surface area contributed by atoms with Crippen molar-refractivity contribution >= 4 is 123 Å². The fourth-order valence-electron chi connectivity index (χ4n) is 0. The van der Waals surface area contributed by atoms with E-state index in [0.717, 1.165) is 0 Å². The summed E-state index contributed by atoms with van der Waals surface area (Å²) in [5.74, 6) is 0. The van der Waals surface area contributed by atoms with Crippen LogP contribution >= 0.6 is 9.90 Å². The molecule has 0 nitrogen and oxygen atoms in total. The first-order valence-electron chi connectivity index (χ1n) is 0. The molecule has 4 heteroatoms. The summed E-state index contributed by atoms with van der Waals surface area (Å²) in [5.41, 5.74) is 0. The summed E-state index contributed by atoms with van der Waals surface area (Å²) in [5, 5.41) is 0. The Kier molecular flexibility index (Phi) is 94.4. The van der Waals surface area contributed by atoms with E-state index < -0.39 is 0 Å². The molecule has 0 saturated carbocycles. The first-order valence-corrected chi connectivity index (χ1v) is 0. The quantitative estimate of drug-likeness (QED) is 0.267. The average Bonchev–Trinajstić information content (AvgIpc) is 0. The van der Waals surface area contributed by atoms with E-state index in [9.17, 15) is 0 Å². The van der Waals surface area contributed by atoms with Crippen LogP contribution in [0.1, 0.15) is 0 Å². The average molecular weight is 160 g/mol. The fraction of sp³-hybridized carbons (Fsp3) is 0. The number of hydrogen-bond donors (Lipinski definition) is 0. The molecule has 0 rings (SSSR count). The molecule has 0 aliphatic heterocycles. The Balaban J connectivity index is 0. The standard InChI is InChI=1S/3Ca.H3P.6H/h;;;1H3;;;;;;. The Hall–Kier alpha value is 4.21. The molecule has 0 N–H and O–H groups in total. The summed E-state index contributed by atoms with van der Waals surface area (Å²) in [6.07, 6.45) is 0. The Morgan fingerprint density at radius 1 is 0.500 bits per heavy atom. The van der Waals surface area contributed by atoms with Gasteiger partial charge in [0.1, 0.15) is 0 Å². The van der Waals surface area contributed by atoms with Gasteiger partial charge in [-0.2, -0.15) is 9.90 Å². The second-order valence-corrected chi connectivity index (χ2v) is 0. The Labute approximate surface area is 119 Å². The van der Waals surface area contributed by atoms with Crippen LogP contribution < -0.4 is 0 Å². The fourth-order valence-corrected chi connectivity index (χ4v) is 0. The molecule has 20 valence electrons. The molecule has 0 amide bonds. The normalized spacial score (nSPS) is 0. The van der Waals surface area contributed by atoms with E-state index in [0.29, 0.717) is 0 Å². The third-order valence-electron chi connectivity index (χ3n) is 0. The first-order chi connectivity index (χ1) is 0. The summed E-state index contributed by atoms with van der Waals surface area (Å²) < 4.78 is 0. The van der Waals surface area contributed by atoms with Crippen LogP contribution in [0.4, 0.5) is 0 Å². The van der Waals surface area contributed by atoms with Crippen LogP contribution in [0.3, 0.4) is 0 Å². The summed E-state index contributed by atoms with van der Waals surface area (Å²) in [4.78, 5) is 0. The van der Waals surface area contributed by atoms with Crippen LogP contribution in [0.5, 0.6) is 0 Å². The molecule has 0 aromatic heterocycles. The van der Waals surface area contributed by atoms with Crippen LogP contribution in [0, 0.1) is 0 Å². The van der Waals surface area contributed by atoms with Crippen LogP contribution in [-0.4, -0.2) is 113 Å². The monoisotopic (exact) mass is 160 g/mol. The third kappa shape index (κ3) is 9.51. The summed E-state index contributed by atoms with van der Waals surface area (Å²) in [6.45, 7) is 0. The molecule has 1 atom stereocenters. The molecule has 0 heterocycles. The Morgan fingerprint density at radius 2 is 0.500 bits per heavy atom. The molecular formula is H9Ca3P. The Morgan fingerprint density at radius 3 is 0.500 bits per heavy atom. The zero-order valence-corrected chi connectivity index (χ0v) is 2.12. The summed E-state index contributed by atoms with van der Waals surface area (Å²) >= 11 is 0. The van der Waals surface area contributed by atoms with Gasteiger partial charge in [0.25, 0.3) is 0 Å². The van der Waals surface area contributed by atoms with E-state index >= 15 is 0 Å². The van der Waals surface area contributed by atoms with E-state index in [-0.39, 0.29) is 123 Å². The molecule has 0 aliphatic carbocycles. The second-order valence-electron chi connectivity index (χ2n) is 0. The molecule has 0 aromatic carbocycles. The van der Waals surface area contributed by atoms with Gasteiger partial charge in [0.05, 0.1) is 0 Å². The first kappa shape index (κ1) is 24.1. The van der Waals surface area contributed by atoms with E-state index in [1.807, 2.05) is 0 Å². The molecule has 0 spiro atoms. The van der Waals surface area contributed by atoms with Crippen molar-refractivity contribution in [2.75, 3.05) is 0 Å². The van der Waals surface area contributed by atoms with E-state index in [2.05, 4.69) is 0 Å². The van der Waals surface area contributed by atoms with Crippen molar-refractivity contribution in [3.8, 4) is 0 Å². The molecule has 0 fully saturated rings. The van der Waals surface area contributed by atoms with Crippen molar-refractivity contribution in [2.24, 2.45) is 0 Å². The van der Waals surface area contributed by atoms with Gasteiger partial charge in [0.2, 0.25) is 0 Å². The van der Waals surface area contributed by atoms with E-state index in [1.54, 1.807) is 0 Å². The molecular weight excluding hydrogens is 151 g/mol. The Bertz CT molecular complexity index is 3.25. The maximum atomic E-state index is 0. The van der Waals surface area contributed by atoms with Gasteiger partial charge in [-0.3, -0.25) is 0 Å². The predicted molar refractivity (Wildman–Crippen MR) is 36.7 cm³/mol. The SMILES string of the molecule is P.[CaH2].[CaH2].[CaH2]. The van der Waals surface area contributed by atoms with E-state index in [1.165, 1.54) is 0 Å². The van der Waals surface area contributed by atoms with Gasteiger partial charge in [-0.1, -0.05) is 0 Å². The minimum atomic E-state index is 0. The number of hydrogen-bond acceptors (Lipinski definition) is 0.